The van der Waals surface area contributed by atoms with E-state index < -0.39 is 0 Å². The van der Waals surface area contributed by atoms with E-state index in [9.17, 15) is 4.79 Å². The number of nitrogens with zero attached hydrogens (tertiary/aromatic N) is 2. The van der Waals surface area contributed by atoms with E-state index in [0.29, 0.717) is 5.52 Å². The van der Waals surface area contributed by atoms with Gasteiger partial charge >= 0.3 is 29.6 Å². The summed E-state index contributed by atoms with van der Waals surface area (Å²) in [7, 11) is 0. The molecule has 3 rings (SSSR count). The predicted molar refractivity (Wildman–Crippen MR) is 44.5 cm³/mol. The monoisotopic (exact) mass is 182 g/mol. The zero-order valence-electron chi connectivity index (χ0n) is 7.11. The molecule has 58 valence electrons. The molecule has 0 aliphatic carbocycles. The minimum Gasteiger partial charge on any atom is -0.306 e. The molecule has 0 amide bonds. The summed E-state index contributed by atoms with van der Waals surface area (Å²) < 4.78 is 1.81. The van der Waals surface area contributed by atoms with Crippen molar-refractivity contribution in [1.82, 2.24) is 14.4 Å². The van der Waals surface area contributed by atoms with E-state index in [1.807, 2.05) is 22.6 Å². The topological polar surface area (TPSA) is 50.2 Å². The van der Waals surface area contributed by atoms with Crippen molar-refractivity contribution in [2.45, 2.75) is 0 Å². The van der Waals surface area contributed by atoms with E-state index in [0.717, 1.165) is 11.3 Å². The number of nitrogens with one attached hydrogen (secondary N) is 1. The molecule has 3 heterocycles. The van der Waals surface area contributed by atoms with Crippen molar-refractivity contribution in [3.8, 4) is 0 Å². The van der Waals surface area contributed by atoms with E-state index in [4.69, 9.17) is 0 Å². The number of aromatic nitrogens is 3. The van der Waals surface area contributed by atoms with Gasteiger partial charge in [-0.2, -0.15) is 0 Å². The maximum Gasteiger partial charge on any atom is 1.00 e. The van der Waals surface area contributed by atoms with Gasteiger partial charge in [-0.3, -0.25) is 9.20 Å². The summed E-state index contributed by atoms with van der Waals surface area (Å²) in [5.41, 5.74) is 2.13. The van der Waals surface area contributed by atoms with Crippen LogP contribution in [0.5, 0.6) is 0 Å². The number of H-pyrrole nitrogens is 1. The first kappa shape index (κ1) is 8.74. The molecule has 0 spiro atoms. The quantitative estimate of drug-likeness (QED) is 0.395. The van der Waals surface area contributed by atoms with Crippen molar-refractivity contribution in [3.63, 3.8) is 0 Å². The summed E-state index contributed by atoms with van der Waals surface area (Å²) in [5, 5.41) is 0. The Balaban J connectivity index is 0.000000653. The van der Waals surface area contributed by atoms with Crippen LogP contribution in [0.4, 0.5) is 0 Å². The molecule has 4 nitrogen and oxygen atoms in total. The SMILES string of the molecule is O=c1[nH]c2cccc3ncc1n32.[Na+]. The largest absolute Gasteiger partial charge is 1.00 e. The van der Waals surface area contributed by atoms with Gasteiger partial charge in [0.25, 0.3) is 5.56 Å². The van der Waals surface area contributed by atoms with Crippen molar-refractivity contribution in [2.24, 2.45) is 0 Å². The Morgan fingerprint density at radius 1 is 1.38 bits per heavy atom. The smallest absolute Gasteiger partial charge is 0.306 e. The van der Waals surface area contributed by atoms with E-state index in [-0.39, 0.29) is 35.1 Å². The van der Waals surface area contributed by atoms with Gasteiger partial charge in [-0.05, 0) is 12.1 Å². The number of rotatable bonds is 0. The molecule has 0 saturated carbocycles. The fourth-order valence-electron chi connectivity index (χ4n) is 1.47. The molecule has 0 bridgehead atoms. The fraction of sp³-hybridized carbons (Fsp3) is 0. The number of hydrogen-bond donors (Lipinski definition) is 1. The van der Waals surface area contributed by atoms with Gasteiger partial charge in [0.2, 0.25) is 0 Å². The summed E-state index contributed by atoms with van der Waals surface area (Å²) in [6.45, 7) is 0. The maximum absolute atomic E-state index is 11.2. The van der Waals surface area contributed by atoms with Gasteiger partial charge in [-0.25, -0.2) is 4.98 Å². The molecule has 0 saturated heterocycles. The third-order valence-electron chi connectivity index (χ3n) is 2.00. The Bertz CT molecular complexity index is 597. The molecule has 13 heavy (non-hydrogen) atoms. The molecular formula is C8H5N3NaO+. The minimum atomic E-state index is -0.0799. The molecule has 0 aliphatic heterocycles. The molecule has 3 aromatic rings. The van der Waals surface area contributed by atoms with E-state index >= 15 is 0 Å². The predicted octanol–water partition coefficient (Wildman–Crippen LogP) is -2.38. The molecule has 0 unspecified atom stereocenters. The first-order chi connectivity index (χ1) is 5.86. The second-order valence-corrected chi connectivity index (χ2v) is 2.70. The Morgan fingerprint density at radius 3 is 3.08 bits per heavy atom. The van der Waals surface area contributed by atoms with Crippen molar-refractivity contribution >= 4 is 16.8 Å². The van der Waals surface area contributed by atoms with E-state index in [1.54, 1.807) is 6.20 Å². The normalized spacial score (nSPS) is 10.8. The molecule has 3 aromatic heterocycles. The number of imidazole rings is 2. The molecule has 0 fully saturated rings. The van der Waals surface area contributed by atoms with Gasteiger partial charge in [-0.1, -0.05) is 6.07 Å². The van der Waals surface area contributed by atoms with Crippen molar-refractivity contribution in [2.75, 3.05) is 0 Å². The number of pyridine rings is 1. The Morgan fingerprint density at radius 2 is 2.23 bits per heavy atom. The van der Waals surface area contributed by atoms with Gasteiger partial charge < -0.3 is 4.98 Å². The average Bonchev–Trinajstić information content (AvgIpc) is 2.60. The second kappa shape index (κ2) is 2.83. The van der Waals surface area contributed by atoms with Gasteiger partial charge in [0, 0.05) is 0 Å². The van der Waals surface area contributed by atoms with Gasteiger partial charge in [0.1, 0.15) is 16.8 Å². The Kier molecular flexibility index (Phi) is 1.91. The Labute approximate surface area is 95.2 Å². The standard InChI is InChI=1S/C8H5N3O.Na/c12-8-5-4-9-6-2-1-3-7(10-8)11(5)6;/h1-4H,(H,10,12);/q;+1. The minimum absolute atomic E-state index is 0. The molecule has 0 aliphatic rings. The molecule has 1 N–H and O–H groups in total. The van der Waals surface area contributed by atoms with Crippen LogP contribution < -0.4 is 35.1 Å². The summed E-state index contributed by atoms with van der Waals surface area (Å²) in [4.78, 5) is 18.1. The van der Waals surface area contributed by atoms with E-state index in [1.165, 1.54) is 0 Å². The molecule has 0 radical (unpaired) electrons. The van der Waals surface area contributed by atoms with Crippen LogP contribution in [0.25, 0.3) is 16.8 Å². The van der Waals surface area contributed by atoms with Crippen LogP contribution in [0.3, 0.4) is 0 Å². The molecule has 0 atom stereocenters. The third kappa shape index (κ3) is 1.03. The number of aromatic amines is 1. The number of hydrogen-bond acceptors (Lipinski definition) is 2. The van der Waals surface area contributed by atoms with E-state index in [2.05, 4.69) is 9.97 Å². The zero-order chi connectivity index (χ0) is 8.13. The summed E-state index contributed by atoms with van der Waals surface area (Å²) >= 11 is 0. The van der Waals surface area contributed by atoms with Gasteiger partial charge in [0.05, 0.1) is 6.20 Å². The summed E-state index contributed by atoms with van der Waals surface area (Å²) in [6, 6.07) is 5.59. The van der Waals surface area contributed by atoms with Gasteiger partial charge in [0.15, 0.2) is 0 Å². The summed E-state index contributed by atoms with van der Waals surface area (Å²) in [6.07, 6.45) is 1.58. The third-order valence-corrected chi connectivity index (χ3v) is 2.00. The van der Waals surface area contributed by atoms with Crippen LogP contribution in [0.1, 0.15) is 0 Å². The van der Waals surface area contributed by atoms with Crippen molar-refractivity contribution in [3.05, 3.63) is 34.7 Å². The van der Waals surface area contributed by atoms with Crippen LogP contribution >= 0.6 is 0 Å². The van der Waals surface area contributed by atoms with Crippen LogP contribution in [0.15, 0.2) is 29.2 Å². The van der Waals surface area contributed by atoms with Crippen molar-refractivity contribution in [1.29, 1.82) is 0 Å². The first-order valence-corrected chi connectivity index (χ1v) is 3.64. The van der Waals surface area contributed by atoms with Crippen LogP contribution in [0, 0.1) is 0 Å². The van der Waals surface area contributed by atoms with Crippen LogP contribution in [0.2, 0.25) is 0 Å². The van der Waals surface area contributed by atoms with Gasteiger partial charge in [-0.15, -0.1) is 0 Å². The fourth-order valence-corrected chi connectivity index (χ4v) is 1.47. The Hall–Kier alpha value is -0.840. The summed E-state index contributed by atoms with van der Waals surface area (Å²) in [5.74, 6) is 0. The molecule has 0 aromatic carbocycles. The molecular weight excluding hydrogens is 177 g/mol. The van der Waals surface area contributed by atoms with Crippen LogP contribution in [-0.2, 0) is 0 Å². The molecule has 5 heteroatoms. The average molecular weight is 182 g/mol. The van der Waals surface area contributed by atoms with Crippen molar-refractivity contribution < 1.29 is 29.6 Å². The second-order valence-electron chi connectivity index (χ2n) is 2.70. The zero-order valence-corrected chi connectivity index (χ0v) is 9.11. The first-order valence-electron chi connectivity index (χ1n) is 3.64. The van der Waals surface area contributed by atoms with Crippen LogP contribution in [-0.4, -0.2) is 14.4 Å². The maximum atomic E-state index is 11.2.